The van der Waals surface area contributed by atoms with Gasteiger partial charge in [0.25, 0.3) is 0 Å². The van der Waals surface area contributed by atoms with Crippen LogP contribution in [0.5, 0.6) is 0 Å². The van der Waals surface area contributed by atoms with Crippen LogP contribution in [-0.4, -0.2) is 6.21 Å². The number of rotatable bonds is 2. The molecule has 16 heavy (non-hydrogen) atoms. The van der Waals surface area contributed by atoms with E-state index in [9.17, 15) is 0 Å². The molecule has 2 aromatic carbocycles. The molecule has 0 aliphatic heterocycles. The van der Waals surface area contributed by atoms with Gasteiger partial charge in [-0.05, 0) is 29.8 Å². The number of aliphatic imine (C=N–C) groups is 1. The van der Waals surface area contributed by atoms with Gasteiger partial charge >= 0.3 is 0 Å². The normalized spacial score (nSPS) is 10.2. The average molecular weight is 206 g/mol. The Labute approximate surface area is 94.5 Å². The highest BCUT2D eigenvalue weighted by atomic mass is 14.7. The van der Waals surface area contributed by atoms with Crippen LogP contribution in [0.15, 0.2) is 59.6 Å². The van der Waals surface area contributed by atoms with E-state index in [4.69, 9.17) is 5.26 Å². The predicted molar refractivity (Wildman–Crippen MR) is 64.9 cm³/mol. The quantitative estimate of drug-likeness (QED) is 0.694. The van der Waals surface area contributed by atoms with Crippen LogP contribution in [0.25, 0.3) is 0 Å². The minimum atomic E-state index is 0.650. The van der Waals surface area contributed by atoms with Gasteiger partial charge in [-0.2, -0.15) is 5.26 Å². The molecular weight excluding hydrogens is 196 g/mol. The van der Waals surface area contributed by atoms with Gasteiger partial charge in [-0.15, -0.1) is 0 Å². The van der Waals surface area contributed by atoms with E-state index in [1.165, 1.54) is 0 Å². The Morgan fingerprint density at radius 3 is 2.56 bits per heavy atom. The fourth-order valence-electron chi connectivity index (χ4n) is 1.35. The number of nitriles is 1. The van der Waals surface area contributed by atoms with E-state index in [0.29, 0.717) is 5.56 Å². The van der Waals surface area contributed by atoms with Gasteiger partial charge < -0.3 is 0 Å². The molecule has 0 saturated carbocycles. The molecule has 2 nitrogen and oxygen atoms in total. The van der Waals surface area contributed by atoms with Crippen LogP contribution in [0.1, 0.15) is 11.1 Å². The zero-order valence-corrected chi connectivity index (χ0v) is 8.67. The van der Waals surface area contributed by atoms with Crippen molar-refractivity contribution in [2.24, 2.45) is 4.99 Å². The minimum absolute atomic E-state index is 0.650. The first-order valence-corrected chi connectivity index (χ1v) is 4.98. The molecule has 0 aromatic heterocycles. The molecule has 2 aromatic rings. The second-order valence-corrected chi connectivity index (χ2v) is 3.33. The third kappa shape index (κ3) is 2.55. The van der Waals surface area contributed by atoms with E-state index in [0.717, 1.165) is 11.3 Å². The van der Waals surface area contributed by atoms with E-state index < -0.39 is 0 Å². The second kappa shape index (κ2) is 4.90. The summed E-state index contributed by atoms with van der Waals surface area (Å²) in [5.74, 6) is 0. The van der Waals surface area contributed by atoms with E-state index in [1.807, 2.05) is 48.5 Å². The molecule has 0 amide bonds. The molecule has 2 rings (SSSR count). The lowest BCUT2D eigenvalue weighted by Gasteiger charge is -1.94. The topological polar surface area (TPSA) is 36.1 Å². The third-order valence-corrected chi connectivity index (χ3v) is 2.13. The smallest absolute Gasteiger partial charge is 0.0991 e. The molecule has 0 N–H and O–H groups in total. The molecule has 0 fully saturated rings. The zero-order chi connectivity index (χ0) is 11.2. The fourth-order valence-corrected chi connectivity index (χ4v) is 1.35. The summed E-state index contributed by atoms with van der Waals surface area (Å²) in [5, 5.41) is 8.75. The lowest BCUT2D eigenvalue weighted by Crippen LogP contribution is -1.81. The van der Waals surface area contributed by atoms with E-state index >= 15 is 0 Å². The van der Waals surface area contributed by atoms with E-state index in [-0.39, 0.29) is 0 Å². The molecule has 2 heteroatoms. The van der Waals surface area contributed by atoms with Gasteiger partial charge in [0, 0.05) is 6.21 Å². The Morgan fingerprint density at radius 1 is 1.00 bits per heavy atom. The van der Waals surface area contributed by atoms with Gasteiger partial charge in [0.2, 0.25) is 0 Å². The largest absolute Gasteiger partial charge is 0.256 e. The van der Waals surface area contributed by atoms with Gasteiger partial charge in [-0.25, -0.2) is 0 Å². The van der Waals surface area contributed by atoms with Crippen molar-refractivity contribution >= 4 is 11.9 Å². The number of hydrogen-bond acceptors (Lipinski definition) is 2. The Hall–Kier alpha value is -2.40. The van der Waals surface area contributed by atoms with Crippen molar-refractivity contribution < 1.29 is 0 Å². The maximum Gasteiger partial charge on any atom is 0.0991 e. The molecule has 0 aliphatic rings. The third-order valence-electron chi connectivity index (χ3n) is 2.13. The summed E-state index contributed by atoms with van der Waals surface area (Å²) in [7, 11) is 0. The number of para-hydroxylation sites is 1. The molecule has 0 unspecified atom stereocenters. The van der Waals surface area contributed by atoms with Gasteiger partial charge in [0.15, 0.2) is 0 Å². The van der Waals surface area contributed by atoms with E-state index in [2.05, 4.69) is 11.1 Å². The van der Waals surface area contributed by atoms with Crippen molar-refractivity contribution in [3.63, 3.8) is 0 Å². The van der Waals surface area contributed by atoms with Gasteiger partial charge in [-0.3, -0.25) is 4.99 Å². The van der Waals surface area contributed by atoms with Crippen LogP contribution in [0.3, 0.4) is 0 Å². The monoisotopic (exact) mass is 206 g/mol. The minimum Gasteiger partial charge on any atom is -0.256 e. The predicted octanol–water partition coefficient (Wildman–Crippen LogP) is 3.31. The summed E-state index contributed by atoms with van der Waals surface area (Å²) >= 11 is 0. The highest BCUT2D eigenvalue weighted by Crippen LogP contribution is 2.10. The summed E-state index contributed by atoms with van der Waals surface area (Å²) in [4.78, 5) is 4.32. The molecule has 76 valence electrons. The summed E-state index contributed by atoms with van der Waals surface area (Å²) < 4.78 is 0. The SMILES string of the molecule is N#Cc1cccc(C=Nc2ccccc2)c1. The fraction of sp³-hybridized carbons (Fsp3) is 0. The maximum absolute atomic E-state index is 8.75. The van der Waals surface area contributed by atoms with Gasteiger partial charge in [-0.1, -0.05) is 30.3 Å². The zero-order valence-electron chi connectivity index (χ0n) is 8.67. The van der Waals surface area contributed by atoms with Crippen LogP contribution in [0, 0.1) is 11.3 Å². The Morgan fingerprint density at radius 2 is 1.81 bits per heavy atom. The summed E-state index contributed by atoms with van der Waals surface area (Å²) in [5.41, 5.74) is 2.49. The van der Waals surface area contributed by atoms with Crippen LogP contribution in [-0.2, 0) is 0 Å². The molecule has 0 bridgehead atoms. The lowest BCUT2D eigenvalue weighted by atomic mass is 10.1. The number of hydrogen-bond donors (Lipinski definition) is 0. The van der Waals surface area contributed by atoms with Gasteiger partial charge in [0.05, 0.1) is 17.3 Å². The molecule has 0 spiro atoms. The summed E-state index contributed by atoms with van der Waals surface area (Å²) in [6.07, 6.45) is 1.76. The first kappa shape index (κ1) is 10.1. The average Bonchev–Trinajstić information content (AvgIpc) is 2.38. The Kier molecular flexibility index (Phi) is 3.10. The van der Waals surface area contributed by atoms with Crippen LogP contribution in [0.2, 0.25) is 0 Å². The molecular formula is C14H10N2. The molecule has 0 radical (unpaired) electrons. The van der Waals surface area contributed by atoms with Gasteiger partial charge in [0.1, 0.15) is 0 Å². The lowest BCUT2D eigenvalue weighted by molar-refractivity contribution is 1.47. The van der Waals surface area contributed by atoms with Crippen molar-refractivity contribution in [3.05, 3.63) is 65.7 Å². The standard InChI is InChI=1S/C14H10N2/c15-10-12-5-4-6-13(9-12)11-16-14-7-2-1-3-8-14/h1-9,11H. The first-order chi connectivity index (χ1) is 7.88. The highest BCUT2D eigenvalue weighted by Gasteiger charge is 1.91. The molecule has 0 aliphatic carbocycles. The maximum atomic E-state index is 8.75. The van der Waals surface area contributed by atoms with E-state index in [1.54, 1.807) is 12.3 Å². The first-order valence-electron chi connectivity index (χ1n) is 4.98. The van der Waals surface area contributed by atoms with Crippen LogP contribution < -0.4 is 0 Å². The highest BCUT2D eigenvalue weighted by molar-refractivity contribution is 5.82. The Bertz CT molecular complexity index is 536. The summed E-state index contributed by atoms with van der Waals surface area (Å²) in [6.45, 7) is 0. The Balaban J connectivity index is 2.21. The van der Waals surface area contributed by atoms with Crippen molar-refractivity contribution in [2.45, 2.75) is 0 Å². The molecule has 0 atom stereocenters. The molecule has 0 saturated heterocycles. The second-order valence-electron chi connectivity index (χ2n) is 3.33. The summed E-state index contributed by atoms with van der Waals surface area (Å²) in [6, 6.07) is 19.2. The van der Waals surface area contributed by atoms with Crippen LogP contribution >= 0.6 is 0 Å². The molecule has 0 heterocycles. The van der Waals surface area contributed by atoms with Crippen molar-refractivity contribution in [1.82, 2.24) is 0 Å². The van der Waals surface area contributed by atoms with Crippen molar-refractivity contribution in [1.29, 1.82) is 5.26 Å². The number of benzene rings is 2. The number of nitrogens with zero attached hydrogens (tertiary/aromatic N) is 2. The van der Waals surface area contributed by atoms with Crippen molar-refractivity contribution in [2.75, 3.05) is 0 Å². The van der Waals surface area contributed by atoms with Crippen molar-refractivity contribution in [3.8, 4) is 6.07 Å². The van der Waals surface area contributed by atoms with Crippen LogP contribution in [0.4, 0.5) is 5.69 Å².